The minimum absolute atomic E-state index is 0.0176. The van der Waals surface area contributed by atoms with E-state index in [4.69, 9.17) is 0 Å². The number of H-pyrrole nitrogens is 1. The number of aromatic nitrogens is 3. The van der Waals surface area contributed by atoms with Crippen LogP contribution in [0, 0.1) is 6.92 Å². The number of hydrogen-bond acceptors (Lipinski definition) is 5. The summed E-state index contributed by atoms with van der Waals surface area (Å²) >= 11 is 0. The van der Waals surface area contributed by atoms with Crippen molar-refractivity contribution in [3.8, 4) is 0 Å². The van der Waals surface area contributed by atoms with Crippen molar-refractivity contribution in [1.82, 2.24) is 15.2 Å². The maximum atomic E-state index is 11.8. The first kappa shape index (κ1) is 14.0. The van der Waals surface area contributed by atoms with E-state index in [-0.39, 0.29) is 5.82 Å². The number of benzene rings is 1. The molecule has 2 aromatic rings. The molecule has 2 rings (SSSR count). The second-order valence-electron chi connectivity index (χ2n) is 4.15. The summed E-state index contributed by atoms with van der Waals surface area (Å²) in [6.45, 7) is 1.68. The van der Waals surface area contributed by atoms with Gasteiger partial charge in [-0.3, -0.25) is 14.6 Å². The highest BCUT2D eigenvalue weighted by molar-refractivity contribution is 7.92. The van der Waals surface area contributed by atoms with Crippen molar-refractivity contribution in [2.75, 3.05) is 16.3 Å². The summed E-state index contributed by atoms with van der Waals surface area (Å²) in [5.74, 6) is 0.0671. The first-order valence-electron chi connectivity index (χ1n) is 5.62. The molecule has 8 nitrogen and oxygen atoms in total. The molecule has 0 spiro atoms. The summed E-state index contributed by atoms with van der Waals surface area (Å²) in [4.78, 5) is 15.7. The number of sulfonamides is 1. The van der Waals surface area contributed by atoms with Gasteiger partial charge in [0, 0.05) is 5.69 Å². The quantitative estimate of drug-likeness (QED) is 0.769. The zero-order valence-electron chi connectivity index (χ0n) is 10.8. The largest absolute Gasteiger partial charge is 0.319 e. The highest BCUT2D eigenvalue weighted by atomic mass is 32.2. The Hall–Kier alpha value is -2.42. The smallest absolute Gasteiger partial charge is 0.295 e. The predicted octanol–water partition coefficient (Wildman–Crippen LogP) is 0.737. The van der Waals surface area contributed by atoms with Crippen LogP contribution in [0.5, 0.6) is 0 Å². The van der Waals surface area contributed by atoms with Gasteiger partial charge in [0.25, 0.3) is 5.91 Å². The highest BCUT2D eigenvalue weighted by Crippen LogP contribution is 2.16. The van der Waals surface area contributed by atoms with Crippen molar-refractivity contribution in [3.05, 3.63) is 35.9 Å². The van der Waals surface area contributed by atoms with Crippen molar-refractivity contribution in [1.29, 1.82) is 0 Å². The van der Waals surface area contributed by atoms with Crippen molar-refractivity contribution >= 4 is 27.3 Å². The fourth-order valence-electron chi connectivity index (χ4n) is 1.51. The highest BCUT2D eigenvalue weighted by Gasteiger charge is 2.11. The summed E-state index contributed by atoms with van der Waals surface area (Å²) in [5.41, 5.74) is 0.794. The average Bonchev–Trinajstić information content (AvgIpc) is 2.74. The molecule has 0 saturated heterocycles. The van der Waals surface area contributed by atoms with Crippen LogP contribution in [0.3, 0.4) is 0 Å². The molecule has 0 aliphatic carbocycles. The van der Waals surface area contributed by atoms with Crippen LogP contribution in [-0.4, -0.2) is 35.8 Å². The van der Waals surface area contributed by atoms with E-state index in [2.05, 4.69) is 25.2 Å². The van der Waals surface area contributed by atoms with E-state index in [0.29, 0.717) is 17.2 Å². The molecule has 1 amide bonds. The van der Waals surface area contributed by atoms with E-state index < -0.39 is 15.9 Å². The SMILES string of the molecule is Cc1nc(C(=O)Nc2cccc(NS(C)(=O)=O)c2)n[nH]1. The van der Waals surface area contributed by atoms with Gasteiger partial charge in [0.15, 0.2) is 0 Å². The maximum absolute atomic E-state index is 11.8. The summed E-state index contributed by atoms with van der Waals surface area (Å²) in [6, 6.07) is 6.32. The van der Waals surface area contributed by atoms with Crippen LogP contribution in [0.25, 0.3) is 0 Å². The fourth-order valence-corrected chi connectivity index (χ4v) is 2.06. The van der Waals surface area contributed by atoms with Gasteiger partial charge in [-0.25, -0.2) is 13.4 Å². The van der Waals surface area contributed by atoms with E-state index in [0.717, 1.165) is 6.26 Å². The molecular formula is C11H13N5O3S. The molecule has 20 heavy (non-hydrogen) atoms. The third kappa shape index (κ3) is 3.79. The predicted molar refractivity (Wildman–Crippen MR) is 74.0 cm³/mol. The van der Waals surface area contributed by atoms with E-state index in [9.17, 15) is 13.2 Å². The Morgan fingerprint density at radius 3 is 2.60 bits per heavy atom. The van der Waals surface area contributed by atoms with Crippen LogP contribution in [0.2, 0.25) is 0 Å². The summed E-state index contributed by atoms with van der Waals surface area (Å²) < 4.78 is 24.6. The lowest BCUT2D eigenvalue weighted by Crippen LogP contribution is -2.14. The first-order chi connectivity index (χ1) is 9.33. The van der Waals surface area contributed by atoms with Gasteiger partial charge in [-0.15, -0.1) is 5.10 Å². The topological polar surface area (TPSA) is 117 Å². The average molecular weight is 295 g/mol. The number of rotatable bonds is 4. The van der Waals surface area contributed by atoms with Gasteiger partial charge >= 0.3 is 0 Å². The van der Waals surface area contributed by atoms with Gasteiger partial charge in [-0.05, 0) is 25.1 Å². The van der Waals surface area contributed by atoms with Crippen LogP contribution in [-0.2, 0) is 10.0 Å². The molecule has 3 N–H and O–H groups in total. The van der Waals surface area contributed by atoms with Gasteiger partial charge in [-0.1, -0.05) is 6.07 Å². The molecule has 9 heteroatoms. The number of aromatic amines is 1. The molecule has 0 aliphatic rings. The number of nitrogens with one attached hydrogen (secondary N) is 3. The summed E-state index contributed by atoms with van der Waals surface area (Å²) in [5, 5.41) is 8.88. The minimum Gasteiger partial charge on any atom is -0.319 e. The molecule has 0 saturated carbocycles. The molecule has 1 heterocycles. The number of amides is 1. The van der Waals surface area contributed by atoms with Crippen LogP contribution < -0.4 is 10.0 Å². The molecule has 1 aromatic carbocycles. The van der Waals surface area contributed by atoms with E-state index in [1.54, 1.807) is 25.1 Å². The lowest BCUT2D eigenvalue weighted by atomic mass is 10.3. The van der Waals surface area contributed by atoms with Gasteiger partial charge in [-0.2, -0.15) is 0 Å². The third-order valence-electron chi connectivity index (χ3n) is 2.22. The lowest BCUT2D eigenvalue weighted by molar-refractivity contribution is 0.101. The molecule has 0 bridgehead atoms. The van der Waals surface area contributed by atoms with E-state index >= 15 is 0 Å². The Balaban J connectivity index is 2.14. The molecule has 1 aromatic heterocycles. The maximum Gasteiger partial charge on any atom is 0.295 e. The molecule has 0 aliphatic heterocycles. The number of carbonyl (C=O) groups is 1. The zero-order valence-corrected chi connectivity index (χ0v) is 11.7. The normalized spacial score (nSPS) is 11.1. The van der Waals surface area contributed by atoms with E-state index in [1.165, 1.54) is 6.07 Å². The van der Waals surface area contributed by atoms with Gasteiger partial charge < -0.3 is 5.32 Å². The number of nitrogens with zero attached hydrogens (tertiary/aromatic N) is 2. The fraction of sp³-hybridized carbons (Fsp3) is 0.182. The Kier molecular flexibility index (Phi) is 3.70. The Morgan fingerprint density at radius 1 is 1.30 bits per heavy atom. The molecule has 0 unspecified atom stereocenters. The van der Waals surface area contributed by atoms with Crippen molar-refractivity contribution in [2.45, 2.75) is 6.92 Å². The molecular weight excluding hydrogens is 282 g/mol. The van der Waals surface area contributed by atoms with Crippen LogP contribution in [0.4, 0.5) is 11.4 Å². The van der Waals surface area contributed by atoms with Crippen molar-refractivity contribution < 1.29 is 13.2 Å². The molecule has 0 atom stereocenters. The Morgan fingerprint density at radius 2 is 2.00 bits per heavy atom. The second kappa shape index (κ2) is 5.29. The third-order valence-corrected chi connectivity index (χ3v) is 2.83. The minimum atomic E-state index is -3.36. The number of hydrogen-bond donors (Lipinski definition) is 3. The standard InChI is InChI=1S/C11H13N5O3S/c1-7-12-10(15-14-7)11(17)13-8-4-3-5-9(6-8)16-20(2,18)19/h3-6,16H,1-2H3,(H,13,17)(H,12,14,15). The van der Waals surface area contributed by atoms with Crippen LogP contribution in [0.15, 0.2) is 24.3 Å². The Bertz CT molecular complexity index is 738. The summed E-state index contributed by atoms with van der Waals surface area (Å²) in [6.07, 6.45) is 1.05. The number of anilines is 2. The van der Waals surface area contributed by atoms with Crippen molar-refractivity contribution in [3.63, 3.8) is 0 Å². The molecule has 0 radical (unpaired) electrons. The molecule has 0 fully saturated rings. The number of aryl methyl sites for hydroxylation is 1. The van der Waals surface area contributed by atoms with Crippen LogP contribution in [0.1, 0.15) is 16.4 Å². The van der Waals surface area contributed by atoms with Gasteiger partial charge in [0.1, 0.15) is 5.82 Å². The number of carbonyl (C=O) groups excluding carboxylic acids is 1. The summed E-state index contributed by atoms with van der Waals surface area (Å²) in [7, 11) is -3.36. The van der Waals surface area contributed by atoms with Gasteiger partial charge in [0.2, 0.25) is 15.8 Å². The van der Waals surface area contributed by atoms with Crippen molar-refractivity contribution in [2.24, 2.45) is 0 Å². The zero-order chi connectivity index (χ0) is 14.8. The Labute approximate surface area is 115 Å². The second-order valence-corrected chi connectivity index (χ2v) is 5.90. The lowest BCUT2D eigenvalue weighted by Gasteiger charge is -2.07. The molecule has 106 valence electrons. The van der Waals surface area contributed by atoms with Gasteiger partial charge in [0.05, 0.1) is 11.9 Å². The first-order valence-corrected chi connectivity index (χ1v) is 7.51. The van der Waals surface area contributed by atoms with Crippen LogP contribution >= 0.6 is 0 Å². The monoisotopic (exact) mass is 295 g/mol. The van der Waals surface area contributed by atoms with E-state index in [1.807, 2.05) is 0 Å².